The van der Waals surface area contributed by atoms with Gasteiger partial charge in [0, 0.05) is 12.2 Å². The van der Waals surface area contributed by atoms with Crippen LogP contribution >= 0.6 is 0 Å². The first-order chi connectivity index (χ1) is 18.7. The molecule has 0 aliphatic heterocycles. The van der Waals surface area contributed by atoms with E-state index in [9.17, 15) is 4.79 Å². The third-order valence-corrected chi connectivity index (χ3v) is 12.0. The molecule has 2 atom stereocenters. The molecule has 3 rings (SSSR count). The Balaban J connectivity index is 2.12. The molecule has 0 fully saturated rings. The zero-order chi connectivity index (χ0) is 28.5. The van der Waals surface area contributed by atoms with Gasteiger partial charge in [0.25, 0.3) is 8.32 Å². The summed E-state index contributed by atoms with van der Waals surface area (Å²) < 4.78 is 24.7. The average molecular weight is 550 g/mol. The molecule has 7 heteroatoms. The quantitative estimate of drug-likeness (QED) is 0.205. The lowest BCUT2D eigenvalue weighted by molar-refractivity contribution is -0.105. The molecular formula is C32H43NO5Si. The lowest BCUT2D eigenvalue weighted by atomic mass is 10.1. The Morgan fingerprint density at radius 3 is 1.87 bits per heavy atom. The van der Waals surface area contributed by atoms with Gasteiger partial charge in [0.15, 0.2) is 6.23 Å². The van der Waals surface area contributed by atoms with Crippen LogP contribution < -0.4 is 15.1 Å². The second kappa shape index (κ2) is 13.8. The first kappa shape index (κ1) is 30.4. The van der Waals surface area contributed by atoms with Crippen molar-refractivity contribution >= 4 is 24.8 Å². The van der Waals surface area contributed by atoms with Gasteiger partial charge in [0.2, 0.25) is 0 Å². The van der Waals surface area contributed by atoms with Gasteiger partial charge in [-0.25, -0.2) is 4.79 Å². The summed E-state index contributed by atoms with van der Waals surface area (Å²) in [5, 5.41) is 2.11. The fraction of sp³-hybridized carbons (Fsp3) is 0.406. The highest BCUT2D eigenvalue weighted by molar-refractivity contribution is 6.99. The molecule has 0 saturated carbocycles. The van der Waals surface area contributed by atoms with E-state index in [1.165, 1.54) is 10.4 Å². The summed E-state index contributed by atoms with van der Waals surface area (Å²) in [6, 6.07) is 28.6. The van der Waals surface area contributed by atoms with Crippen LogP contribution in [0.5, 0.6) is 5.75 Å². The van der Waals surface area contributed by atoms with Gasteiger partial charge in [0.1, 0.15) is 5.75 Å². The van der Waals surface area contributed by atoms with Gasteiger partial charge in [-0.15, -0.1) is 0 Å². The number of amides is 1. The summed E-state index contributed by atoms with van der Waals surface area (Å²) in [7, 11) is -1.27. The summed E-state index contributed by atoms with van der Waals surface area (Å²) >= 11 is 0. The van der Waals surface area contributed by atoms with E-state index in [0.29, 0.717) is 12.4 Å². The number of ether oxygens (including phenoxy) is 3. The highest BCUT2D eigenvalue weighted by Crippen LogP contribution is 2.38. The van der Waals surface area contributed by atoms with Crippen molar-refractivity contribution < 1.29 is 23.4 Å². The summed E-state index contributed by atoms with van der Waals surface area (Å²) in [5.41, 5.74) is 0.857. The second-order valence-corrected chi connectivity index (χ2v) is 14.7. The maximum Gasteiger partial charge on any atom is 0.412 e. The molecule has 0 aliphatic rings. The third-order valence-electron chi connectivity index (χ3n) is 6.86. The van der Waals surface area contributed by atoms with Gasteiger partial charge >= 0.3 is 6.09 Å². The van der Waals surface area contributed by atoms with E-state index in [1.807, 2.05) is 50.2 Å². The van der Waals surface area contributed by atoms with Crippen molar-refractivity contribution in [1.29, 1.82) is 0 Å². The smallest absolute Gasteiger partial charge is 0.412 e. The number of hydrogen-bond acceptors (Lipinski definition) is 5. The Morgan fingerprint density at radius 2 is 1.38 bits per heavy atom. The van der Waals surface area contributed by atoms with Crippen LogP contribution in [-0.4, -0.2) is 52.0 Å². The van der Waals surface area contributed by atoms with Gasteiger partial charge in [-0.2, -0.15) is 0 Å². The fourth-order valence-electron chi connectivity index (χ4n) is 5.16. The number of carbonyl (C=O) groups excluding carboxylic acids is 1. The summed E-state index contributed by atoms with van der Waals surface area (Å²) in [5.74, 6) is 0.697. The normalized spacial score (nSPS) is 13.4. The van der Waals surface area contributed by atoms with E-state index in [4.69, 9.17) is 18.6 Å². The molecule has 1 amide bonds. The Hall–Kier alpha value is -3.13. The first-order valence-corrected chi connectivity index (χ1v) is 15.6. The fourth-order valence-corrected chi connectivity index (χ4v) is 9.85. The minimum absolute atomic E-state index is 0.224. The van der Waals surface area contributed by atoms with Crippen LogP contribution in [0.2, 0.25) is 5.04 Å². The largest absolute Gasteiger partial charge is 0.496 e. The van der Waals surface area contributed by atoms with Crippen LogP contribution in [0.25, 0.3) is 0 Å². The summed E-state index contributed by atoms with van der Waals surface area (Å²) in [4.78, 5) is 15.0. The first-order valence-electron chi connectivity index (χ1n) is 13.6. The minimum atomic E-state index is -2.90. The molecular weight excluding hydrogens is 506 g/mol. The van der Waals surface area contributed by atoms with Gasteiger partial charge in [0.05, 0.1) is 26.4 Å². The number of rotatable bonds is 12. The monoisotopic (exact) mass is 549 g/mol. The summed E-state index contributed by atoms with van der Waals surface area (Å²) in [6.45, 7) is 13.3. The Labute approximate surface area is 235 Å². The maximum atomic E-state index is 13.4. The van der Waals surface area contributed by atoms with Crippen molar-refractivity contribution in [2.24, 2.45) is 0 Å². The maximum absolute atomic E-state index is 13.4. The van der Waals surface area contributed by atoms with Crippen molar-refractivity contribution in [2.45, 2.75) is 65.5 Å². The Morgan fingerprint density at radius 1 is 0.846 bits per heavy atom. The van der Waals surface area contributed by atoms with Gasteiger partial charge in [-0.1, -0.05) is 99.6 Å². The lowest BCUT2D eigenvalue weighted by Crippen LogP contribution is -2.69. The molecule has 0 aliphatic carbocycles. The molecule has 210 valence electrons. The van der Waals surface area contributed by atoms with Crippen LogP contribution in [-0.2, 0) is 20.4 Å². The molecule has 6 nitrogen and oxygen atoms in total. The molecule has 0 aromatic heterocycles. The number of carbonyl (C=O) groups is 1. The molecule has 0 heterocycles. The topological polar surface area (TPSA) is 57.2 Å². The predicted molar refractivity (Wildman–Crippen MR) is 159 cm³/mol. The molecule has 1 unspecified atom stereocenters. The molecule has 0 bridgehead atoms. The van der Waals surface area contributed by atoms with Gasteiger partial charge in [-0.3, -0.25) is 4.90 Å². The Kier molecular flexibility index (Phi) is 10.7. The third kappa shape index (κ3) is 6.90. The molecule has 0 radical (unpaired) electrons. The van der Waals surface area contributed by atoms with Crippen molar-refractivity contribution in [3.63, 3.8) is 0 Å². The second-order valence-electron chi connectivity index (χ2n) is 10.5. The van der Waals surface area contributed by atoms with Gasteiger partial charge in [-0.05, 0) is 42.2 Å². The highest BCUT2D eigenvalue weighted by Gasteiger charge is 2.52. The molecule has 39 heavy (non-hydrogen) atoms. The van der Waals surface area contributed by atoms with Crippen molar-refractivity contribution in [1.82, 2.24) is 4.90 Å². The van der Waals surface area contributed by atoms with Crippen LogP contribution in [0.15, 0.2) is 84.9 Å². The number of methoxy groups -OCH3 is 1. The van der Waals surface area contributed by atoms with Crippen molar-refractivity contribution in [3.05, 3.63) is 90.5 Å². The van der Waals surface area contributed by atoms with E-state index in [0.717, 1.165) is 5.56 Å². The van der Waals surface area contributed by atoms with E-state index in [1.54, 1.807) is 18.9 Å². The molecule has 3 aromatic rings. The predicted octanol–water partition coefficient (Wildman–Crippen LogP) is 5.98. The van der Waals surface area contributed by atoms with E-state index in [-0.39, 0.29) is 18.2 Å². The SMILES string of the molecule is CCOC(=O)N(Cc1ccccc1OC)C(OCC)[C@@H](C)O[Si](c1ccccc1)(c1ccccc1)C(C)(C)C. The van der Waals surface area contributed by atoms with Gasteiger partial charge < -0.3 is 18.6 Å². The van der Waals surface area contributed by atoms with E-state index in [2.05, 4.69) is 69.3 Å². The van der Waals surface area contributed by atoms with Crippen LogP contribution in [0.1, 0.15) is 47.1 Å². The number of benzene rings is 3. The standard InChI is InChI=1S/C32H43NO5Si/c1-8-36-30(33(31(34)37-9-2)24-26-18-16-17-23-29(26)35-7)25(3)38-39(32(4,5)6,27-19-12-10-13-20-27)28-21-14-11-15-22-28/h10-23,25,30H,8-9,24H2,1-7H3/t25-,30?/m1/s1. The number of para-hydroxylation sites is 1. The molecule has 3 aromatic carbocycles. The van der Waals surface area contributed by atoms with Crippen molar-refractivity contribution in [3.8, 4) is 5.75 Å². The van der Waals surface area contributed by atoms with E-state index < -0.39 is 26.7 Å². The average Bonchev–Trinajstić information content (AvgIpc) is 2.94. The number of nitrogens with zero attached hydrogens (tertiary/aromatic N) is 1. The zero-order valence-electron chi connectivity index (χ0n) is 24.3. The van der Waals surface area contributed by atoms with Crippen LogP contribution in [0, 0.1) is 0 Å². The molecule has 0 saturated heterocycles. The molecule has 0 spiro atoms. The van der Waals surface area contributed by atoms with Crippen LogP contribution in [0.4, 0.5) is 4.79 Å². The molecule has 0 N–H and O–H groups in total. The lowest BCUT2D eigenvalue weighted by Gasteiger charge is -2.46. The van der Waals surface area contributed by atoms with Crippen molar-refractivity contribution in [2.75, 3.05) is 20.3 Å². The summed E-state index contributed by atoms with van der Waals surface area (Å²) in [6.07, 6.45) is -1.63. The van der Waals surface area contributed by atoms with E-state index >= 15 is 0 Å². The minimum Gasteiger partial charge on any atom is -0.496 e. The van der Waals surface area contributed by atoms with Crippen LogP contribution in [0.3, 0.4) is 0 Å². The highest BCUT2D eigenvalue weighted by atomic mass is 28.4. The zero-order valence-corrected chi connectivity index (χ0v) is 25.3. The Bertz CT molecular complexity index is 1130. The number of hydrogen-bond donors (Lipinski definition) is 0.